The van der Waals surface area contributed by atoms with Gasteiger partial charge in [0.25, 0.3) is 0 Å². The highest BCUT2D eigenvalue weighted by molar-refractivity contribution is 6.30. The smallest absolute Gasteiger partial charge is 0.416 e. The third-order valence-corrected chi connectivity index (χ3v) is 3.52. The molecule has 0 amide bonds. The third kappa shape index (κ3) is 4.55. The van der Waals surface area contributed by atoms with Crippen LogP contribution in [-0.2, 0) is 6.18 Å². The molecule has 22 heavy (non-hydrogen) atoms. The molecule has 0 heterocycles. The summed E-state index contributed by atoms with van der Waals surface area (Å²) in [7, 11) is 0. The van der Waals surface area contributed by atoms with Crippen molar-refractivity contribution in [2.75, 3.05) is 5.88 Å². The molecule has 0 saturated heterocycles. The first kappa shape index (κ1) is 17.0. The number of halogens is 5. The molecule has 1 atom stereocenters. The summed E-state index contributed by atoms with van der Waals surface area (Å²) in [6, 6.07) is 11.7. The van der Waals surface area contributed by atoms with Crippen LogP contribution in [0.2, 0.25) is 5.02 Å². The van der Waals surface area contributed by atoms with E-state index >= 15 is 0 Å². The van der Waals surface area contributed by atoms with Crippen LogP contribution in [0.4, 0.5) is 13.2 Å². The predicted molar refractivity (Wildman–Crippen MR) is 81.6 cm³/mol. The van der Waals surface area contributed by atoms with E-state index in [1.807, 2.05) is 0 Å². The van der Waals surface area contributed by atoms with E-state index in [1.54, 1.807) is 24.3 Å². The lowest BCUT2D eigenvalue weighted by Gasteiger charge is -2.19. The molecular weight excluding hydrogens is 336 g/mol. The lowest BCUT2D eigenvalue weighted by atomic mass is 10.1. The van der Waals surface area contributed by atoms with Gasteiger partial charge in [-0.3, -0.25) is 0 Å². The average Bonchev–Trinajstić information content (AvgIpc) is 2.47. The molecule has 0 fully saturated rings. The summed E-state index contributed by atoms with van der Waals surface area (Å²) in [6.45, 7) is 0. The number of hydrogen-bond donors (Lipinski definition) is 0. The van der Waals surface area contributed by atoms with Crippen molar-refractivity contribution in [2.45, 2.75) is 18.7 Å². The van der Waals surface area contributed by atoms with E-state index in [2.05, 4.69) is 0 Å². The van der Waals surface area contributed by atoms with Crippen molar-refractivity contribution < 1.29 is 17.9 Å². The van der Waals surface area contributed by atoms with Gasteiger partial charge in [0, 0.05) is 17.3 Å². The van der Waals surface area contributed by atoms with E-state index in [0.717, 1.165) is 17.7 Å². The normalized spacial score (nSPS) is 13.0. The van der Waals surface area contributed by atoms with Crippen molar-refractivity contribution in [3.05, 3.63) is 64.7 Å². The summed E-state index contributed by atoms with van der Waals surface area (Å²) in [5.74, 6) is 0.478. The van der Waals surface area contributed by atoms with Crippen molar-refractivity contribution in [2.24, 2.45) is 0 Å². The van der Waals surface area contributed by atoms with Gasteiger partial charge in [0.1, 0.15) is 11.9 Å². The molecule has 0 N–H and O–H groups in total. The summed E-state index contributed by atoms with van der Waals surface area (Å²) >= 11 is 11.6. The molecule has 0 saturated carbocycles. The molecular formula is C16H13Cl2F3O. The Kier molecular flexibility index (Phi) is 5.59. The molecule has 0 bridgehead atoms. The minimum absolute atomic E-state index is 0.153. The first-order valence-electron chi connectivity index (χ1n) is 6.55. The van der Waals surface area contributed by atoms with Crippen LogP contribution in [-0.4, -0.2) is 5.88 Å². The molecule has 2 aromatic carbocycles. The van der Waals surface area contributed by atoms with Gasteiger partial charge in [0.2, 0.25) is 0 Å². The van der Waals surface area contributed by atoms with Crippen LogP contribution in [0.1, 0.15) is 23.7 Å². The maximum Gasteiger partial charge on any atom is 0.416 e. The molecule has 6 heteroatoms. The third-order valence-electron chi connectivity index (χ3n) is 3.05. The van der Waals surface area contributed by atoms with E-state index in [4.69, 9.17) is 27.9 Å². The SMILES string of the molecule is FC(F)(F)c1cccc(O[C@@H](CCCl)c2ccc(Cl)cc2)c1. The van der Waals surface area contributed by atoms with E-state index in [1.165, 1.54) is 12.1 Å². The van der Waals surface area contributed by atoms with Gasteiger partial charge in [0.05, 0.1) is 5.56 Å². The molecule has 0 unspecified atom stereocenters. The number of hydrogen-bond acceptors (Lipinski definition) is 1. The van der Waals surface area contributed by atoms with Gasteiger partial charge >= 0.3 is 6.18 Å². The second-order valence-electron chi connectivity index (χ2n) is 4.66. The zero-order chi connectivity index (χ0) is 16.2. The quantitative estimate of drug-likeness (QED) is 0.592. The van der Waals surface area contributed by atoms with Gasteiger partial charge in [-0.05, 0) is 35.9 Å². The minimum Gasteiger partial charge on any atom is -0.486 e. The van der Waals surface area contributed by atoms with Crippen molar-refractivity contribution in [3.63, 3.8) is 0 Å². The zero-order valence-electron chi connectivity index (χ0n) is 11.4. The van der Waals surface area contributed by atoms with Gasteiger partial charge in [-0.2, -0.15) is 13.2 Å². The van der Waals surface area contributed by atoms with Crippen molar-refractivity contribution >= 4 is 23.2 Å². The molecule has 0 aliphatic carbocycles. The number of ether oxygens (including phenoxy) is 1. The lowest BCUT2D eigenvalue weighted by Crippen LogP contribution is -2.10. The predicted octanol–water partition coefficient (Wildman–Crippen LogP) is 6.11. The topological polar surface area (TPSA) is 9.23 Å². The van der Waals surface area contributed by atoms with Crippen LogP contribution < -0.4 is 4.74 Å². The molecule has 0 aliphatic rings. The highest BCUT2D eigenvalue weighted by atomic mass is 35.5. The van der Waals surface area contributed by atoms with E-state index in [0.29, 0.717) is 17.3 Å². The molecule has 0 spiro atoms. The van der Waals surface area contributed by atoms with Crippen molar-refractivity contribution in [1.82, 2.24) is 0 Å². The van der Waals surface area contributed by atoms with Crippen molar-refractivity contribution in [1.29, 1.82) is 0 Å². The van der Waals surface area contributed by atoms with Crippen LogP contribution in [0.5, 0.6) is 5.75 Å². The monoisotopic (exact) mass is 348 g/mol. The molecule has 0 aliphatic heterocycles. The number of rotatable bonds is 5. The van der Waals surface area contributed by atoms with E-state index in [9.17, 15) is 13.2 Å². The first-order valence-corrected chi connectivity index (χ1v) is 7.47. The molecule has 2 rings (SSSR count). The average molecular weight is 349 g/mol. The summed E-state index contributed by atoms with van der Waals surface area (Å²) in [5.41, 5.74) is 0.0631. The second-order valence-corrected chi connectivity index (χ2v) is 5.48. The van der Waals surface area contributed by atoms with Crippen LogP contribution in [0.25, 0.3) is 0 Å². The van der Waals surface area contributed by atoms with Gasteiger partial charge in [-0.15, -0.1) is 11.6 Å². The highest BCUT2D eigenvalue weighted by Gasteiger charge is 2.30. The largest absolute Gasteiger partial charge is 0.486 e. The van der Waals surface area contributed by atoms with Crippen LogP contribution in [0.15, 0.2) is 48.5 Å². The Morgan fingerprint density at radius 2 is 1.73 bits per heavy atom. The minimum atomic E-state index is -4.40. The zero-order valence-corrected chi connectivity index (χ0v) is 12.9. The summed E-state index contributed by atoms with van der Waals surface area (Å²) < 4.78 is 43.9. The van der Waals surface area contributed by atoms with E-state index < -0.39 is 17.8 Å². The fourth-order valence-corrected chi connectivity index (χ4v) is 2.30. The van der Waals surface area contributed by atoms with Gasteiger partial charge in [0.15, 0.2) is 0 Å². The molecule has 2 aromatic rings. The van der Waals surface area contributed by atoms with E-state index in [-0.39, 0.29) is 5.75 Å². The van der Waals surface area contributed by atoms with Crippen LogP contribution in [0, 0.1) is 0 Å². The van der Waals surface area contributed by atoms with Gasteiger partial charge in [-0.1, -0.05) is 29.8 Å². The Labute approximate surface area is 136 Å². The van der Waals surface area contributed by atoms with Crippen LogP contribution >= 0.6 is 23.2 Å². The van der Waals surface area contributed by atoms with Gasteiger partial charge in [-0.25, -0.2) is 0 Å². The molecule has 0 radical (unpaired) electrons. The lowest BCUT2D eigenvalue weighted by molar-refractivity contribution is -0.137. The molecule has 1 nitrogen and oxygen atoms in total. The Morgan fingerprint density at radius 1 is 1.05 bits per heavy atom. The van der Waals surface area contributed by atoms with Crippen molar-refractivity contribution in [3.8, 4) is 5.75 Å². The maximum atomic E-state index is 12.7. The Balaban J connectivity index is 2.23. The van der Waals surface area contributed by atoms with Gasteiger partial charge < -0.3 is 4.74 Å². The number of alkyl halides is 4. The number of benzene rings is 2. The second kappa shape index (κ2) is 7.25. The highest BCUT2D eigenvalue weighted by Crippen LogP contribution is 2.33. The summed E-state index contributed by atoms with van der Waals surface area (Å²) in [5, 5.41) is 0.576. The van der Waals surface area contributed by atoms with Crippen LogP contribution in [0.3, 0.4) is 0 Å². The summed E-state index contributed by atoms with van der Waals surface area (Å²) in [6.07, 6.45) is -4.36. The fraction of sp³-hybridized carbons (Fsp3) is 0.250. The Hall–Kier alpha value is -1.39. The Morgan fingerprint density at radius 3 is 2.32 bits per heavy atom. The Bertz CT molecular complexity index is 612. The standard InChI is InChI=1S/C16H13Cl2F3O/c17-9-8-15(11-4-6-13(18)7-5-11)22-14-3-1-2-12(10-14)16(19,20)21/h1-7,10,15H,8-9H2/t15-/m0/s1. The molecule has 118 valence electrons. The summed E-state index contributed by atoms with van der Waals surface area (Å²) in [4.78, 5) is 0. The maximum absolute atomic E-state index is 12.7. The fourth-order valence-electron chi connectivity index (χ4n) is 1.98. The first-order chi connectivity index (χ1) is 10.4. The molecule has 0 aromatic heterocycles.